The predicted molar refractivity (Wildman–Crippen MR) is 74.9 cm³/mol. The molecule has 0 aliphatic heterocycles. The number of hydrogen-bond donors (Lipinski definition) is 0. The van der Waals surface area contributed by atoms with Crippen LogP contribution in [-0.2, 0) is 0 Å². The fraction of sp³-hybridized carbons (Fsp3) is 0.250. The van der Waals surface area contributed by atoms with Crippen molar-refractivity contribution in [2.24, 2.45) is 0 Å². The van der Waals surface area contributed by atoms with E-state index in [-0.39, 0.29) is 0 Å². The first-order valence-electron chi connectivity index (χ1n) is 5.91. The van der Waals surface area contributed by atoms with Gasteiger partial charge in [0.15, 0.2) is 0 Å². The Kier molecular flexibility index (Phi) is 3.54. The van der Waals surface area contributed by atoms with Crippen LogP contribution in [0.5, 0.6) is 0 Å². The van der Waals surface area contributed by atoms with Gasteiger partial charge in [0.1, 0.15) is 0 Å². The van der Waals surface area contributed by atoms with E-state index >= 15 is 0 Å². The normalized spacial score (nSPS) is 12.5. The first-order valence-corrected chi connectivity index (χ1v) is 6.29. The van der Waals surface area contributed by atoms with Crippen LogP contribution in [0, 0.1) is 13.8 Å². The molecule has 1 heteroatoms. The van der Waals surface area contributed by atoms with Gasteiger partial charge in [-0.05, 0) is 36.6 Å². The van der Waals surface area contributed by atoms with E-state index in [1.54, 1.807) is 0 Å². The summed E-state index contributed by atoms with van der Waals surface area (Å²) in [5.74, 6) is 0.337. The molecule has 1 atom stereocenters. The van der Waals surface area contributed by atoms with E-state index in [1.165, 1.54) is 22.3 Å². The number of hydrogen-bond acceptors (Lipinski definition) is 0. The maximum absolute atomic E-state index is 6.25. The molecule has 0 radical (unpaired) electrons. The Balaban J connectivity index is 2.44. The average molecular weight is 245 g/mol. The second-order valence-electron chi connectivity index (χ2n) is 4.60. The summed E-state index contributed by atoms with van der Waals surface area (Å²) in [6, 6.07) is 14.7. The number of benzene rings is 2. The van der Waals surface area contributed by atoms with Gasteiger partial charge >= 0.3 is 0 Å². The number of rotatable bonds is 2. The molecule has 1 unspecified atom stereocenters. The molecular formula is C16H17Cl. The summed E-state index contributed by atoms with van der Waals surface area (Å²) >= 11 is 6.25. The fourth-order valence-electron chi connectivity index (χ4n) is 2.31. The number of aryl methyl sites for hydroxylation is 2. The van der Waals surface area contributed by atoms with Gasteiger partial charge in [-0.1, -0.05) is 60.5 Å². The van der Waals surface area contributed by atoms with Gasteiger partial charge in [0, 0.05) is 10.9 Å². The first kappa shape index (κ1) is 12.2. The summed E-state index contributed by atoms with van der Waals surface area (Å²) in [7, 11) is 0. The third-order valence-electron chi connectivity index (χ3n) is 3.26. The lowest BCUT2D eigenvalue weighted by Gasteiger charge is -2.17. The zero-order valence-electron chi connectivity index (χ0n) is 10.5. The molecule has 17 heavy (non-hydrogen) atoms. The van der Waals surface area contributed by atoms with Crippen LogP contribution < -0.4 is 0 Å². The summed E-state index contributed by atoms with van der Waals surface area (Å²) in [4.78, 5) is 0. The quantitative estimate of drug-likeness (QED) is 0.689. The molecule has 0 aromatic heterocycles. The van der Waals surface area contributed by atoms with Crippen molar-refractivity contribution in [3.05, 3.63) is 69.7 Å². The van der Waals surface area contributed by atoms with Crippen LogP contribution in [0.2, 0.25) is 5.02 Å². The van der Waals surface area contributed by atoms with Gasteiger partial charge in [-0.25, -0.2) is 0 Å². The maximum Gasteiger partial charge on any atom is 0.0444 e. The molecular weight excluding hydrogens is 228 g/mol. The third-order valence-corrected chi connectivity index (χ3v) is 3.61. The van der Waals surface area contributed by atoms with Crippen molar-refractivity contribution < 1.29 is 0 Å². The average Bonchev–Trinajstić information content (AvgIpc) is 2.29. The molecule has 0 aliphatic rings. The van der Waals surface area contributed by atoms with Crippen LogP contribution in [0.3, 0.4) is 0 Å². The van der Waals surface area contributed by atoms with Gasteiger partial charge in [-0.2, -0.15) is 0 Å². The van der Waals surface area contributed by atoms with Crippen LogP contribution in [0.1, 0.15) is 35.1 Å². The van der Waals surface area contributed by atoms with Crippen molar-refractivity contribution >= 4 is 11.6 Å². The molecule has 2 aromatic carbocycles. The maximum atomic E-state index is 6.25. The van der Waals surface area contributed by atoms with Gasteiger partial charge in [0.2, 0.25) is 0 Å². The van der Waals surface area contributed by atoms with E-state index in [1.807, 2.05) is 18.2 Å². The molecule has 0 amide bonds. The van der Waals surface area contributed by atoms with Crippen LogP contribution >= 0.6 is 11.6 Å². The van der Waals surface area contributed by atoms with Crippen LogP contribution in [0.15, 0.2) is 42.5 Å². The Morgan fingerprint density at radius 2 is 1.65 bits per heavy atom. The Labute approximate surface area is 108 Å². The zero-order valence-corrected chi connectivity index (χ0v) is 11.3. The molecule has 2 rings (SSSR count). The fourth-order valence-corrected chi connectivity index (χ4v) is 2.60. The lowest BCUT2D eigenvalue weighted by Crippen LogP contribution is -1.99. The lowest BCUT2D eigenvalue weighted by molar-refractivity contribution is 0.909. The first-order chi connectivity index (χ1) is 8.09. The minimum atomic E-state index is 0.337. The van der Waals surface area contributed by atoms with Gasteiger partial charge in [0.05, 0.1) is 0 Å². The van der Waals surface area contributed by atoms with Gasteiger partial charge in [0.25, 0.3) is 0 Å². The monoisotopic (exact) mass is 244 g/mol. The molecule has 0 saturated carbocycles. The standard InChI is InChI=1S/C16H17Cl/c1-11-8-9-14(12(2)10-11)13(3)15-6-4-5-7-16(15)17/h4-10,13H,1-3H3. The highest BCUT2D eigenvalue weighted by Gasteiger charge is 2.13. The minimum absolute atomic E-state index is 0.337. The summed E-state index contributed by atoms with van der Waals surface area (Å²) in [5.41, 5.74) is 5.18. The molecule has 2 aromatic rings. The highest BCUT2D eigenvalue weighted by molar-refractivity contribution is 6.31. The minimum Gasteiger partial charge on any atom is -0.0840 e. The molecule has 0 spiro atoms. The summed E-state index contributed by atoms with van der Waals surface area (Å²) in [6.45, 7) is 6.49. The van der Waals surface area contributed by atoms with Crippen molar-refractivity contribution in [2.75, 3.05) is 0 Å². The summed E-state index contributed by atoms with van der Waals surface area (Å²) in [6.07, 6.45) is 0. The second-order valence-corrected chi connectivity index (χ2v) is 5.01. The van der Waals surface area contributed by atoms with E-state index in [0.29, 0.717) is 5.92 Å². The van der Waals surface area contributed by atoms with Crippen molar-refractivity contribution in [1.82, 2.24) is 0 Å². The molecule has 0 N–H and O–H groups in total. The van der Waals surface area contributed by atoms with E-state index in [2.05, 4.69) is 45.0 Å². The molecule has 88 valence electrons. The highest BCUT2D eigenvalue weighted by Crippen LogP contribution is 2.31. The topological polar surface area (TPSA) is 0 Å². The van der Waals surface area contributed by atoms with E-state index in [0.717, 1.165) is 5.02 Å². The van der Waals surface area contributed by atoms with Crippen LogP contribution in [0.25, 0.3) is 0 Å². The molecule has 0 saturated heterocycles. The molecule has 0 fully saturated rings. The van der Waals surface area contributed by atoms with Gasteiger partial charge in [-0.15, -0.1) is 0 Å². The Bertz CT molecular complexity index is 529. The van der Waals surface area contributed by atoms with E-state index in [9.17, 15) is 0 Å². The van der Waals surface area contributed by atoms with Crippen molar-refractivity contribution in [3.63, 3.8) is 0 Å². The number of halogens is 1. The Morgan fingerprint density at radius 3 is 2.29 bits per heavy atom. The van der Waals surface area contributed by atoms with Gasteiger partial charge < -0.3 is 0 Å². The van der Waals surface area contributed by atoms with E-state index in [4.69, 9.17) is 11.6 Å². The van der Waals surface area contributed by atoms with Crippen LogP contribution in [-0.4, -0.2) is 0 Å². The molecule has 0 bridgehead atoms. The van der Waals surface area contributed by atoms with Crippen molar-refractivity contribution in [3.8, 4) is 0 Å². The van der Waals surface area contributed by atoms with Crippen molar-refractivity contribution in [2.45, 2.75) is 26.7 Å². The van der Waals surface area contributed by atoms with Gasteiger partial charge in [-0.3, -0.25) is 0 Å². The SMILES string of the molecule is Cc1ccc(C(C)c2ccccc2Cl)c(C)c1. The summed E-state index contributed by atoms with van der Waals surface area (Å²) in [5, 5.41) is 0.847. The molecule has 0 nitrogen and oxygen atoms in total. The lowest BCUT2D eigenvalue weighted by atomic mass is 9.89. The largest absolute Gasteiger partial charge is 0.0840 e. The molecule has 0 aliphatic carbocycles. The second kappa shape index (κ2) is 4.93. The highest BCUT2D eigenvalue weighted by atomic mass is 35.5. The van der Waals surface area contributed by atoms with Crippen LogP contribution in [0.4, 0.5) is 0 Å². The van der Waals surface area contributed by atoms with E-state index < -0.39 is 0 Å². The Morgan fingerprint density at radius 1 is 0.941 bits per heavy atom. The Hall–Kier alpha value is -1.27. The molecule has 0 heterocycles. The third kappa shape index (κ3) is 2.53. The zero-order chi connectivity index (χ0) is 12.4. The smallest absolute Gasteiger partial charge is 0.0444 e. The predicted octanol–water partition coefficient (Wildman–Crippen LogP) is 5.11. The summed E-state index contributed by atoms with van der Waals surface area (Å²) < 4.78 is 0. The van der Waals surface area contributed by atoms with Crippen molar-refractivity contribution in [1.29, 1.82) is 0 Å².